The van der Waals surface area contributed by atoms with Gasteiger partial charge in [0.1, 0.15) is 11.5 Å². The number of hydrogen-bond donors (Lipinski definition) is 1. The van der Waals surface area contributed by atoms with Crippen LogP contribution in [0, 0.1) is 6.92 Å². The number of ketones is 1. The molecule has 0 bridgehead atoms. The van der Waals surface area contributed by atoms with E-state index in [0.29, 0.717) is 23.6 Å². The number of thiophene rings is 1. The molecule has 5 nitrogen and oxygen atoms in total. The monoisotopic (exact) mass is 405 g/mol. The van der Waals surface area contributed by atoms with Gasteiger partial charge < -0.3 is 14.7 Å². The number of methoxy groups -OCH3 is 1. The van der Waals surface area contributed by atoms with E-state index in [0.717, 1.165) is 10.4 Å². The van der Waals surface area contributed by atoms with Crippen molar-refractivity contribution >= 4 is 40.4 Å². The average molecular weight is 406 g/mol. The molecule has 7 heteroatoms. The van der Waals surface area contributed by atoms with Crippen molar-refractivity contribution < 1.29 is 19.4 Å². The van der Waals surface area contributed by atoms with Gasteiger partial charge >= 0.3 is 0 Å². The summed E-state index contributed by atoms with van der Waals surface area (Å²) in [7, 11) is 1.44. The molecule has 1 aliphatic rings. The third-order valence-corrected chi connectivity index (χ3v) is 5.67. The van der Waals surface area contributed by atoms with Gasteiger partial charge in [-0.25, -0.2) is 0 Å². The number of nitrogens with zero attached hydrogens (tertiary/aromatic N) is 1. The van der Waals surface area contributed by atoms with E-state index < -0.39 is 17.7 Å². The number of carbonyl (C=O) groups is 2. The second-order valence-electron chi connectivity index (χ2n) is 6.34. The molecule has 1 saturated heterocycles. The van der Waals surface area contributed by atoms with Gasteiger partial charge in [-0.05, 0) is 42.5 Å². The van der Waals surface area contributed by atoms with Crippen molar-refractivity contribution in [2.24, 2.45) is 0 Å². The largest absolute Gasteiger partial charge is 0.507 e. The van der Waals surface area contributed by atoms with Crippen LogP contribution in [0.5, 0.6) is 5.75 Å². The first-order valence-corrected chi connectivity index (χ1v) is 9.82. The molecule has 0 aliphatic carbocycles. The molecule has 0 saturated carbocycles. The van der Waals surface area contributed by atoms with E-state index in [-0.39, 0.29) is 17.1 Å². The smallest absolute Gasteiger partial charge is 0.295 e. The highest BCUT2D eigenvalue weighted by atomic mass is 35.5. The molecular weight excluding hydrogens is 386 g/mol. The van der Waals surface area contributed by atoms with Crippen LogP contribution in [0.15, 0.2) is 35.2 Å². The maximum absolute atomic E-state index is 12.8. The van der Waals surface area contributed by atoms with E-state index in [1.165, 1.54) is 23.3 Å². The van der Waals surface area contributed by atoms with E-state index in [4.69, 9.17) is 16.3 Å². The third-order valence-electron chi connectivity index (χ3n) is 4.46. The van der Waals surface area contributed by atoms with Crippen LogP contribution >= 0.6 is 22.9 Å². The van der Waals surface area contributed by atoms with E-state index in [2.05, 4.69) is 0 Å². The Morgan fingerprint density at radius 1 is 1.37 bits per heavy atom. The number of Topliss-reactive ketones (excluding diaryl/α,β-unsaturated/α-hetero) is 1. The summed E-state index contributed by atoms with van der Waals surface area (Å²) in [5.41, 5.74) is 1.17. The van der Waals surface area contributed by atoms with Gasteiger partial charge in [0.15, 0.2) is 0 Å². The number of halogens is 1. The summed E-state index contributed by atoms with van der Waals surface area (Å²) >= 11 is 7.68. The number of carbonyl (C=O) groups excluding carboxylic acids is 2. The van der Waals surface area contributed by atoms with Gasteiger partial charge in [0.2, 0.25) is 0 Å². The average Bonchev–Trinajstić information content (AvgIpc) is 3.23. The maximum atomic E-state index is 12.8. The lowest BCUT2D eigenvalue weighted by Gasteiger charge is -2.23. The van der Waals surface area contributed by atoms with Crippen molar-refractivity contribution in [1.29, 1.82) is 0 Å². The number of aliphatic hydroxyl groups excluding tert-OH is 1. The molecule has 1 N–H and O–H groups in total. The Morgan fingerprint density at radius 2 is 2.11 bits per heavy atom. The van der Waals surface area contributed by atoms with Gasteiger partial charge in [-0.2, -0.15) is 0 Å². The molecule has 27 heavy (non-hydrogen) atoms. The first-order chi connectivity index (χ1) is 12.9. The van der Waals surface area contributed by atoms with E-state index in [1.54, 1.807) is 12.1 Å². The number of aliphatic hydroxyl groups is 1. The number of hydrogen-bond acceptors (Lipinski definition) is 5. The fourth-order valence-corrected chi connectivity index (χ4v) is 4.55. The lowest BCUT2D eigenvalue weighted by Crippen LogP contribution is -2.30. The molecule has 0 spiro atoms. The van der Waals surface area contributed by atoms with Crippen LogP contribution < -0.4 is 4.74 Å². The number of ether oxygens (including phenoxy) is 1. The highest BCUT2D eigenvalue weighted by Crippen LogP contribution is 2.43. The summed E-state index contributed by atoms with van der Waals surface area (Å²) in [6, 6.07) is 6.50. The van der Waals surface area contributed by atoms with Crippen LogP contribution in [0.3, 0.4) is 0 Å². The Kier molecular flexibility index (Phi) is 5.58. The summed E-state index contributed by atoms with van der Waals surface area (Å²) in [5.74, 6) is -1.30. The summed E-state index contributed by atoms with van der Waals surface area (Å²) in [6.07, 6.45) is 0.703. The molecule has 1 aromatic heterocycles. The van der Waals surface area contributed by atoms with E-state index >= 15 is 0 Å². The molecule has 142 valence electrons. The minimum Gasteiger partial charge on any atom is -0.507 e. The van der Waals surface area contributed by atoms with Crippen molar-refractivity contribution in [1.82, 2.24) is 4.90 Å². The van der Waals surface area contributed by atoms with Crippen molar-refractivity contribution in [3.8, 4) is 5.75 Å². The summed E-state index contributed by atoms with van der Waals surface area (Å²) in [5, 5.41) is 13.3. The zero-order valence-electron chi connectivity index (χ0n) is 15.3. The Balaban J connectivity index is 2.26. The van der Waals surface area contributed by atoms with Gasteiger partial charge in [-0.1, -0.05) is 24.6 Å². The van der Waals surface area contributed by atoms with Gasteiger partial charge in [0, 0.05) is 11.4 Å². The Labute approximate surface area is 166 Å². The predicted octanol–water partition coefficient (Wildman–Crippen LogP) is 4.55. The van der Waals surface area contributed by atoms with E-state index in [9.17, 15) is 14.7 Å². The Bertz CT molecular complexity index is 920. The van der Waals surface area contributed by atoms with Crippen LogP contribution in [0.2, 0.25) is 5.02 Å². The topological polar surface area (TPSA) is 66.8 Å². The van der Waals surface area contributed by atoms with Crippen LogP contribution in [0.4, 0.5) is 0 Å². The van der Waals surface area contributed by atoms with Gasteiger partial charge in [0.05, 0.1) is 29.3 Å². The summed E-state index contributed by atoms with van der Waals surface area (Å²) < 4.78 is 5.34. The molecule has 3 rings (SSSR count). The highest BCUT2D eigenvalue weighted by Gasteiger charge is 2.46. The molecule has 2 heterocycles. The molecule has 1 aliphatic heterocycles. The second kappa shape index (κ2) is 7.74. The van der Waals surface area contributed by atoms with Gasteiger partial charge in [-0.3, -0.25) is 9.59 Å². The number of rotatable bonds is 5. The minimum absolute atomic E-state index is 0.0656. The fourth-order valence-electron chi connectivity index (χ4n) is 3.35. The zero-order valence-corrected chi connectivity index (χ0v) is 16.9. The van der Waals surface area contributed by atoms with Crippen LogP contribution in [-0.4, -0.2) is 35.4 Å². The normalized spacial score (nSPS) is 19.0. The quantitative estimate of drug-likeness (QED) is 0.450. The lowest BCUT2D eigenvalue weighted by molar-refractivity contribution is -0.139. The second-order valence-corrected chi connectivity index (χ2v) is 7.72. The van der Waals surface area contributed by atoms with E-state index in [1.807, 2.05) is 31.4 Å². The number of amides is 1. The lowest BCUT2D eigenvalue weighted by atomic mass is 9.98. The fraction of sp³-hybridized carbons (Fsp3) is 0.300. The van der Waals surface area contributed by atoms with Gasteiger partial charge in [0.25, 0.3) is 11.7 Å². The molecule has 1 fully saturated rings. The van der Waals surface area contributed by atoms with Crippen LogP contribution in [-0.2, 0) is 9.59 Å². The molecule has 1 unspecified atom stereocenters. The molecule has 1 atom stereocenters. The predicted molar refractivity (Wildman–Crippen MR) is 106 cm³/mol. The van der Waals surface area contributed by atoms with Crippen LogP contribution in [0.25, 0.3) is 5.76 Å². The number of likely N-dealkylation sites (tertiary alicyclic amines) is 1. The Hall–Kier alpha value is -2.31. The molecule has 2 aromatic rings. The van der Waals surface area contributed by atoms with Crippen molar-refractivity contribution in [2.45, 2.75) is 26.3 Å². The molecule has 1 amide bonds. The van der Waals surface area contributed by atoms with Crippen molar-refractivity contribution in [2.75, 3.05) is 13.7 Å². The van der Waals surface area contributed by atoms with Gasteiger partial charge in [-0.15, -0.1) is 11.3 Å². The summed E-state index contributed by atoms with van der Waals surface area (Å²) in [6.45, 7) is 4.19. The third kappa shape index (κ3) is 3.35. The molecular formula is C20H20ClNO4S. The Morgan fingerprint density at radius 3 is 2.70 bits per heavy atom. The van der Waals surface area contributed by atoms with Crippen LogP contribution in [0.1, 0.15) is 35.4 Å². The standard InChI is InChI=1S/C20H20ClNO4S/c1-4-7-22-16(14-6-5-8-27-14)15(18(24)20(22)25)17(23)12-9-11(2)10-13(21)19(12)26-3/h5-6,8-10,16,23H,4,7H2,1-3H3/b17-15-. The minimum atomic E-state index is -0.695. The first kappa shape index (κ1) is 19.5. The number of benzene rings is 1. The highest BCUT2D eigenvalue weighted by molar-refractivity contribution is 7.10. The number of aryl methyl sites for hydroxylation is 1. The first-order valence-electron chi connectivity index (χ1n) is 8.57. The molecule has 1 aromatic carbocycles. The zero-order chi connectivity index (χ0) is 19.7. The SMILES string of the molecule is CCCN1C(=O)C(=O)/C(=C(\O)c2cc(C)cc(Cl)c2OC)C1c1cccs1. The summed E-state index contributed by atoms with van der Waals surface area (Å²) in [4.78, 5) is 27.8. The van der Waals surface area contributed by atoms with Crippen molar-refractivity contribution in [3.05, 3.63) is 56.2 Å². The molecule has 0 radical (unpaired) electrons. The maximum Gasteiger partial charge on any atom is 0.295 e. The van der Waals surface area contributed by atoms with Crippen molar-refractivity contribution in [3.63, 3.8) is 0 Å².